The second kappa shape index (κ2) is 8.16. The zero-order valence-electron chi connectivity index (χ0n) is 16.1. The van der Waals surface area contributed by atoms with E-state index in [0.29, 0.717) is 11.4 Å². The van der Waals surface area contributed by atoms with Crippen molar-refractivity contribution in [1.29, 1.82) is 0 Å². The first-order valence-electron chi connectivity index (χ1n) is 9.38. The number of rotatable bonds is 6. The summed E-state index contributed by atoms with van der Waals surface area (Å²) in [7, 11) is 3.40. The van der Waals surface area contributed by atoms with Gasteiger partial charge in [-0.2, -0.15) is 4.98 Å². The molecule has 3 aromatic rings. The molecule has 4 rings (SSSR count). The number of nitrogens with zero attached hydrogens (tertiary/aromatic N) is 3. The first-order chi connectivity index (χ1) is 13.7. The molecule has 1 N–H and O–H groups in total. The largest absolute Gasteiger partial charge is 0.497 e. The molecule has 146 valence electrons. The van der Waals surface area contributed by atoms with Gasteiger partial charge < -0.3 is 9.47 Å². The first kappa shape index (κ1) is 18.7. The van der Waals surface area contributed by atoms with Gasteiger partial charge in [0.05, 0.1) is 20.9 Å². The molecule has 0 bridgehead atoms. The van der Waals surface area contributed by atoms with Crippen molar-refractivity contribution in [2.75, 3.05) is 20.8 Å². The van der Waals surface area contributed by atoms with E-state index in [1.807, 2.05) is 47.1 Å². The van der Waals surface area contributed by atoms with E-state index in [0.717, 1.165) is 47.8 Å². The molecule has 1 aliphatic heterocycles. The van der Waals surface area contributed by atoms with Crippen LogP contribution < -0.4 is 9.47 Å². The number of aromatic nitrogens is 3. The van der Waals surface area contributed by atoms with Crippen LogP contribution >= 0.6 is 12.2 Å². The normalized spacial score (nSPS) is 17.0. The van der Waals surface area contributed by atoms with Gasteiger partial charge in [-0.1, -0.05) is 30.3 Å². The number of ether oxygens (including phenoxy) is 2. The highest BCUT2D eigenvalue weighted by Crippen LogP contribution is 2.39. The van der Waals surface area contributed by atoms with Gasteiger partial charge in [-0.25, -0.2) is 4.68 Å². The van der Waals surface area contributed by atoms with Crippen LogP contribution in [0, 0.1) is 4.77 Å². The molecule has 0 saturated carbocycles. The maximum Gasteiger partial charge on any atom is 0.217 e. The molecule has 6 nitrogen and oxygen atoms in total. The maximum atomic E-state index is 5.61. The van der Waals surface area contributed by atoms with Crippen LogP contribution in [0.25, 0.3) is 11.4 Å². The number of nitrogens with one attached hydrogen (secondary N) is 1. The van der Waals surface area contributed by atoms with Gasteiger partial charge in [-0.05, 0) is 43.3 Å². The lowest BCUT2D eigenvalue weighted by atomic mass is 10.0. The summed E-state index contributed by atoms with van der Waals surface area (Å²) in [5.41, 5.74) is 2.17. The highest BCUT2D eigenvalue weighted by Gasteiger charge is 2.29. The van der Waals surface area contributed by atoms with Crippen LogP contribution in [0.4, 0.5) is 0 Å². The molecular weight excluding hydrogens is 372 g/mol. The molecule has 1 aliphatic rings. The zero-order chi connectivity index (χ0) is 19.5. The van der Waals surface area contributed by atoms with Crippen molar-refractivity contribution in [1.82, 2.24) is 19.7 Å². The van der Waals surface area contributed by atoms with E-state index in [2.05, 4.69) is 21.0 Å². The van der Waals surface area contributed by atoms with E-state index >= 15 is 0 Å². The second-order valence-corrected chi connectivity index (χ2v) is 7.23. The third-order valence-electron chi connectivity index (χ3n) is 5.21. The Kier molecular flexibility index (Phi) is 5.45. The summed E-state index contributed by atoms with van der Waals surface area (Å²) in [5, 5.41) is 3.35. The van der Waals surface area contributed by atoms with E-state index in [4.69, 9.17) is 21.7 Å². The summed E-state index contributed by atoms with van der Waals surface area (Å²) in [6.45, 7) is 1.65. The molecular formula is C21H24N4O2S. The van der Waals surface area contributed by atoms with Gasteiger partial charge in [-0.3, -0.25) is 10.00 Å². The molecule has 1 fully saturated rings. The van der Waals surface area contributed by atoms with Gasteiger partial charge in [0, 0.05) is 23.7 Å². The van der Waals surface area contributed by atoms with Crippen LogP contribution in [0.15, 0.2) is 48.5 Å². The molecule has 0 amide bonds. The number of likely N-dealkylation sites (tertiary alicyclic amines) is 1. The molecule has 1 unspecified atom stereocenters. The van der Waals surface area contributed by atoms with Crippen molar-refractivity contribution in [3.05, 3.63) is 58.9 Å². The van der Waals surface area contributed by atoms with Gasteiger partial charge >= 0.3 is 0 Å². The molecule has 1 saturated heterocycles. The number of hydrogen-bond acceptors (Lipinski definition) is 5. The van der Waals surface area contributed by atoms with Gasteiger partial charge in [0.15, 0.2) is 5.82 Å². The Morgan fingerprint density at radius 3 is 2.71 bits per heavy atom. The number of benzene rings is 2. The van der Waals surface area contributed by atoms with E-state index in [1.165, 1.54) is 0 Å². The Labute approximate surface area is 169 Å². The Balaban J connectivity index is 1.61. The molecule has 2 aromatic carbocycles. The molecule has 1 aromatic heterocycles. The molecule has 2 heterocycles. The van der Waals surface area contributed by atoms with E-state index < -0.39 is 0 Å². The fourth-order valence-electron chi connectivity index (χ4n) is 3.81. The second-order valence-electron chi connectivity index (χ2n) is 6.87. The van der Waals surface area contributed by atoms with Gasteiger partial charge in [-0.15, -0.1) is 0 Å². The van der Waals surface area contributed by atoms with E-state index in [-0.39, 0.29) is 6.04 Å². The molecule has 0 spiro atoms. The predicted molar refractivity (Wildman–Crippen MR) is 111 cm³/mol. The summed E-state index contributed by atoms with van der Waals surface area (Å²) < 4.78 is 13.5. The monoisotopic (exact) mass is 396 g/mol. The van der Waals surface area contributed by atoms with Crippen LogP contribution in [0.5, 0.6) is 11.5 Å². The lowest BCUT2D eigenvalue weighted by Crippen LogP contribution is -2.27. The average Bonchev–Trinajstić information content (AvgIpc) is 3.35. The lowest BCUT2D eigenvalue weighted by molar-refractivity contribution is 0.187. The van der Waals surface area contributed by atoms with E-state index in [9.17, 15) is 0 Å². The highest BCUT2D eigenvalue weighted by atomic mass is 32.1. The Morgan fingerprint density at radius 2 is 1.96 bits per heavy atom. The van der Waals surface area contributed by atoms with Crippen LogP contribution in [-0.2, 0) is 6.67 Å². The maximum absolute atomic E-state index is 5.61. The smallest absolute Gasteiger partial charge is 0.217 e. The average molecular weight is 397 g/mol. The topological polar surface area (TPSA) is 55.3 Å². The number of methoxy groups -OCH3 is 2. The number of aromatic amines is 1. The first-order valence-corrected chi connectivity index (χ1v) is 9.78. The highest BCUT2D eigenvalue weighted by molar-refractivity contribution is 7.71. The minimum absolute atomic E-state index is 0.246. The van der Waals surface area contributed by atoms with Crippen LogP contribution in [0.1, 0.15) is 24.4 Å². The Hall–Kier alpha value is -2.64. The summed E-state index contributed by atoms with van der Waals surface area (Å²) >= 11 is 5.50. The molecule has 0 radical (unpaired) electrons. The molecule has 7 heteroatoms. The molecule has 0 aliphatic carbocycles. The minimum atomic E-state index is 0.246. The Bertz CT molecular complexity index is 999. The predicted octanol–water partition coefficient (Wildman–Crippen LogP) is 4.42. The van der Waals surface area contributed by atoms with Crippen molar-refractivity contribution < 1.29 is 9.47 Å². The van der Waals surface area contributed by atoms with Crippen LogP contribution in [-0.4, -0.2) is 40.4 Å². The lowest BCUT2D eigenvalue weighted by Gasteiger charge is -2.26. The van der Waals surface area contributed by atoms with Gasteiger partial charge in [0.25, 0.3) is 0 Å². The van der Waals surface area contributed by atoms with Crippen molar-refractivity contribution in [2.24, 2.45) is 0 Å². The van der Waals surface area contributed by atoms with E-state index in [1.54, 1.807) is 14.2 Å². The fourth-order valence-corrected chi connectivity index (χ4v) is 4.00. The molecule has 1 atom stereocenters. The summed E-state index contributed by atoms with van der Waals surface area (Å²) in [5.74, 6) is 2.52. The molecule has 28 heavy (non-hydrogen) atoms. The van der Waals surface area contributed by atoms with Crippen molar-refractivity contribution in [3.63, 3.8) is 0 Å². The summed E-state index contributed by atoms with van der Waals surface area (Å²) in [6, 6.07) is 16.3. The summed E-state index contributed by atoms with van der Waals surface area (Å²) in [6.07, 6.45) is 2.19. The quantitative estimate of drug-likeness (QED) is 0.625. The van der Waals surface area contributed by atoms with Gasteiger partial charge in [0.2, 0.25) is 4.77 Å². The third kappa shape index (κ3) is 3.68. The summed E-state index contributed by atoms with van der Waals surface area (Å²) in [4.78, 5) is 6.94. The van der Waals surface area contributed by atoms with Crippen molar-refractivity contribution in [3.8, 4) is 22.9 Å². The number of H-pyrrole nitrogens is 1. The zero-order valence-corrected chi connectivity index (χ0v) is 16.9. The third-order valence-corrected chi connectivity index (χ3v) is 5.52. The minimum Gasteiger partial charge on any atom is -0.497 e. The Morgan fingerprint density at radius 1 is 1.14 bits per heavy atom. The van der Waals surface area contributed by atoms with Crippen LogP contribution in [0.2, 0.25) is 0 Å². The fraction of sp³-hybridized carbons (Fsp3) is 0.333. The SMILES string of the molecule is COc1ccc(OC)c(C2CCCN2Cn2[nH]c(-c3ccccc3)nc2=S)c1. The standard InChI is InChI=1S/C21H24N4O2S/c1-26-16-10-11-19(27-2)17(13-16)18-9-6-12-24(18)14-25-21(28)22-20(23-25)15-7-4-3-5-8-15/h3-5,7-8,10-11,13,18H,6,9,12,14H2,1-2H3,(H,22,23,28). The van der Waals surface area contributed by atoms with Crippen molar-refractivity contribution >= 4 is 12.2 Å². The number of hydrogen-bond donors (Lipinski definition) is 1. The van der Waals surface area contributed by atoms with Crippen molar-refractivity contribution in [2.45, 2.75) is 25.6 Å². The van der Waals surface area contributed by atoms with Gasteiger partial charge in [0.1, 0.15) is 11.5 Å². The van der Waals surface area contributed by atoms with Crippen LogP contribution in [0.3, 0.4) is 0 Å².